The summed E-state index contributed by atoms with van der Waals surface area (Å²) in [5.74, 6) is 0.517. The van der Waals surface area contributed by atoms with Gasteiger partial charge in [-0.05, 0) is 44.2 Å². The van der Waals surface area contributed by atoms with Crippen molar-refractivity contribution in [1.82, 2.24) is 4.98 Å². The van der Waals surface area contributed by atoms with Crippen LogP contribution in [0.4, 0.5) is 5.69 Å². The van der Waals surface area contributed by atoms with E-state index in [1.54, 1.807) is 25.1 Å². The first-order chi connectivity index (χ1) is 12.4. The lowest BCUT2D eigenvalue weighted by Gasteiger charge is -2.05. The maximum absolute atomic E-state index is 12.5. The number of amides is 1. The van der Waals surface area contributed by atoms with E-state index >= 15 is 0 Å². The molecule has 0 bridgehead atoms. The smallest absolute Gasteiger partial charge is 0.267 e. The van der Waals surface area contributed by atoms with E-state index in [4.69, 9.17) is 27.9 Å². The van der Waals surface area contributed by atoms with Gasteiger partial charge in [-0.2, -0.15) is 0 Å². The number of halogens is 2. The molecular formula is C19H16Cl2N2O2S. The third kappa shape index (κ3) is 4.75. The molecule has 0 spiro atoms. The van der Waals surface area contributed by atoms with Crippen molar-refractivity contribution in [2.24, 2.45) is 0 Å². The van der Waals surface area contributed by atoms with Gasteiger partial charge in [0, 0.05) is 15.7 Å². The average Bonchev–Trinajstić information content (AvgIpc) is 2.94. The fourth-order valence-electron chi connectivity index (χ4n) is 2.32. The number of nitrogens with one attached hydrogen (secondary N) is 1. The first-order valence-corrected chi connectivity index (χ1v) is 9.41. The summed E-state index contributed by atoms with van der Waals surface area (Å²) in [7, 11) is 0. The molecule has 0 radical (unpaired) electrons. The Kier molecular flexibility index (Phi) is 5.81. The minimum absolute atomic E-state index is 0.250. The van der Waals surface area contributed by atoms with Crippen molar-refractivity contribution < 1.29 is 9.53 Å². The van der Waals surface area contributed by atoms with Gasteiger partial charge in [0.25, 0.3) is 5.91 Å². The average molecular weight is 407 g/mol. The first kappa shape index (κ1) is 18.7. The highest BCUT2D eigenvalue weighted by Crippen LogP contribution is 2.25. The molecule has 0 aliphatic heterocycles. The molecule has 0 saturated carbocycles. The normalized spacial score (nSPS) is 10.6. The van der Waals surface area contributed by atoms with Gasteiger partial charge in [-0.25, -0.2) is 4.98 Å². The van der Waals surface area contributed by atoms with Crippen LogP contribution < -0.4 is 10.1 Å². The zero-order chi connectivity index (χ0) is 18.7. The molecule has 3 rings (SSSR count). The lowest BCUT2D eigenvalue weighted by atomic mass is 10.2. The second kappa shape index (κ2) is 8.08. The van der Waals surface area contributed by atoms with Crippen LogP contribution in [-0.4, -0.2) is 10.9 Å². The number of hydrogen-bond acceptors (Lipinski definition) is 4. The Morgan fingerprint density at radius 1 is 1.12 bits per heavy atom. The minimum atomic E-state index is -0.250. The van der Waals surface area contributed by atoms with Gasteiger partial charge in [0.15, 0.2) is 0 Å². The van der Waals surface area contributed by atoms with Crippen LogP contribution in [0, 0.1) is 13.8 Å². The lowest BCUT2D eigenvalue weighted by Crippen LogP contribution is -2.11. The third-order valence-corrected chi connectivity index (χ3v) is 5.12. The van der Waals surface area contributed by atoms with Crippen molar-refractivity contribution in [3.63, 3.8) is 0 Å². The molecule has 7 heteroatoms. The van der Waals surface area contributed by atoms with E-state index in [9.17, 15) is 4.79 Å². The fraction of sp³-hybridized carbons (Fsp3) is 0.158. The van der Waals surface area contributed by atoms with Crippen molar-refractivity contribution >= 4 is 46.1 Å². The Morgan fingerprint density at radius 3 is 2.42 bits per heavy atom. The number of anilines is 1. The molecule has 0 aliphatic rings. The van der Waals surface area contributed by atoms with Crippen LogP contribution in [0.25, 0.3) is 0 Å². The molecule has 4 nitrogen and oxygen atoms in total. The monoisotopic (exact) mass is 406 g/mol. The molecule has 1 N–H and O–H groups in total. The molecule has 0 fully saturated rings. The minimum Gasteiger partial charge on any atom is -0.486 e. The molecule has 3 aromatic rings. The van der Waals surface area contributed by atoms with E-state index in [0.717, 1.165) is 10.8 Å². The van der Waals surface area contributed by atoms with Crippen LogP contribution in [0.1, 0.15) is 25.9 Å². The summed E-state index contributed by atoms with van der Waals surface area (Å²) in [6.45, 7) is 4.13. The highest BCUT2D eigenvalue weighted by molar-refractivity contribution is 7.13. The van der Waals surface area contributed by atoms with Gasteiger partial charge >= 0.3 is 0 Å². The number of aryl methyl sites for hydroxylation is 2. The van der Waals surface area contributed by atoms with Gasteiger partial charge < -0.3 is 10.1 Å². The largest absolute Gasteiger partial charge is 0.486 e. The summed E-state index contributed by atoms with van der Waals surface area (Å²) in [4.78, 5) is 17.5. The molecule has 134 valence electrons. The number of benzene rings is 2. The highest BCUT2D eigenvalue weighted by atomic mass is 35.5. The lowest BCUT2D eigenvalue weighted by molar-refractivity contribution is 0.103. The van der Waals surface area contributed by atoms with Gasteiger partial charge in [-0.3, -0.25) is 4.79 Å². The Hall–Kier alpha value is -2.08. The van der Waals surface area contributed by atoms with E-state index in [-0.39, 0.29) is 5.91 Å². The number of ether oxygens (including phenoxy) is 1. The maximum atomic E-state index is 12.5. The predicted octanol–water partition coefficient (Wildman–Crippen LogP) is 5.90. The topological polar surface area (TPSA) is 51.2 Å². The van der Waals surface area contributed by atoms with Crippen LogP contribution in [0.15, 0.2) is 42.5 Å². The summed E-state index contributed by atoms with van der Waals surface area (Å²) in [6, 6.07) is 12.7. The summed E-state index contributed by atoms with van der Waals surface area (Å²) < 4.78 is 5.73. The van der Waals surface area contributed by atoms with Crippen molar-refractivity contribution in [1.29, 1.82) is 0 Å². The van der Waals surface area contributed by atoms with E-state index in [0.29, 0.717) is 32.9 Å². The summed E-state index contributed by atoms with van der Waals surface area (Å²) in [5.41, 5.74) is 2.36. The first-order valence-electron chi connectivity index (χ1n) is 7.84. The Morgan fingerprint density at radius 2 is 1.77 bits per heavy atom. The Labute approximate surface area is 165 Å². The quantitative estimate of drug-likeness (QED) is 0.573. The van der Waals surface area contributed by atoms with Crippen molar-refractivity contribution in [2.45, 2.75) is 20.5 Å². The number of rotatable bonds is 5. The van der Waals surface area contributed by atoms with E-state index in [1.807, 2.05) is 31.2 Å². The van der Waals surface area contributed by atoms with Crippen LogP contribution in [0.3, 0.4) is 0 Å². The van der Waals surface area contributed by atoms with E-state index in [2.05, 4.69) is 10.3 Å². The van der Waals surface area contributed by atoms with Crippen molar-refractivity contribution in [3.05, 3.63) is 73.7 Å². The molecule has 2 aromatic carbocycles. The molecule has 0 aliphatic carbocycles. The number of carbonyl (C=O) groups excluding carboxylic acids is 1. The molecule has 26 heavy (non-hydrogen) atoms. The SMILES string of the molecule is Cc1ccc(OCc2nc(C)c(C(=O)Nc3cc(Cl)cc(Cl)c3)s2)cc1. The van der Waals surface area contributed by atoms with Crippen LogP contribution in [0.2, 0.25) is 10.0 Å². The number of hydrogen-bond donors (Lipinski definition) is 1. The van der Waals surface area contributed by atoms with Crippen molar-refractivity contribution in [2.75, 3.05) is 5.32 Å². The molecule has 1 heterocycles. The van der Waals surface area contributed by atoms with Gasteiger partial charge in [0.05, 0.1) is 5.69 Å². The number of carbonyl (C=O) groups is 1. The zero-order valence-corrected chi connectivity index (χ0v) is 16.5. The number of aromatic nitrogens is 1. The van der Waals surface area contributed by atoms with Crippen molar-refractivity contribution in [3.8, 4) is 5.75 Å². The van der Waals surface area contributed by atoms with Gasteiger partial charge in [0.1, 0.15) is 22.2 Å². The summed E-state index contributed by atoms with van der Waals surface area (Å²) in [5, 5.41) is 4.45. The van der Waals surface area contributed by atoms with Gasteiger partial charge in [-0.1, -0.05) is 40.9 Å². The van der Waals surface area contributed by atoms with E-state index in [1.165, 1.54) is 16.9 Å². The van der Waals surface area contributed by atoms with E-state index < -0.39 is 0 Å². The predicted molar refractivity (Wildman–Crippen MR) is 107 cm³/mol. The fourth-order valence-corrected chi connectivity index (χ4v) is 3.72. The molecule has 0 atom stereocenters. The van der Waals surface area contributed by atoms with Crippen LogP contribution >= 0.6 is 34.5 Å². The zero-order valence-electron chi connectivity index (χ0n) is 14.2. The second-order valence-corrected chi connectivity index (χ2v) is 7.69. The molecular weight excluding hydrogens is 391 g/mol. The van der Waals surface area contributed by atoms with Crippen LogP contribution in [0.5, 0.6) is 5.75 Å². The van der Waals surface area contributed by atoms with Gasteiger partial charge in [-0.15, -0.1) is 11.3 Å². The molecule has 1 aromatic heterocycles. The number of thiazole rings is 1. The standard InChI is InChI=1S/C19H16Cl2N2O2S/c1-11-3-5-16(6-4-11)25-10-17-22-12(2)18(26-17)19(24)23-15-8-13(20)7-14(21)9-15/h3-9H,10H2,1-2H3,(H,23,24). The number of nitrogens with zero attached hydrogens (tertiary/aromatic N) is 1. The van der Waals surface area contributed by atoms with Crippen LogP contribution in [-0.2, 0) is 6.61 Å². The Bertz CT molecular complexity index is 919. The maximum Gasteiger partial charge on any atom is 0.267 e. The molecule has 0 unspecified atom stereocenters. The summed E-state index contributed by atoms with van der Waals surface area (Å²) >= 11 is 13.2. The molecule has 0 saturated heterocycles. The second-order valence-electron chi connectivity index (χ2n) is 5.74. The summed E-state index contributed by atoms with van der Waals surface area (Å²) in [6.07, 6.45) is 0. The third-order valence-electron chi connectivity index (χ3n) is 3.55. The molecule has 1 amide bonds. The highest BCUT2D eigenvalue weighted by Gasteiger charge is 2.16. The van der Waals surface area contributed by atoms with Gasteiger partial charge in [0.2, 0.25) is 0 Å². The Balaban J connectivity index is 1.68.